The summed E-state index contributed by atoms with van der Waals surface area (Å²) in [6, 6.07) is 18.4. The number of anilines is 1. The number of aliphatic hydroxyl groups is 2. The summed E-state index contributed by atoms with van der Waals surface area (Å²) >= 11 is 6.21. The van der Waals surface area contributed by atoms with Crippen LogP contribution in [0.4, 0.5) is 5.82 Å². The molecule has 0 aliphatic heterocycles. The van der Waals surface area contributed by atoms with Crippen molar-refractivity contribution < 1.29 is 38.7 Å². The molecule has 0 unspecified atom stereocenters. The van der Waals surface area contributed by atoms with Crippen LogP contribution in [0.2, 0.25) is 5.28 Å². The second-order valence-electron chi connectivity index (χ2n) is 9.92. The van der Waals surface area contributed by atoms with Crippen molar-refractivity contribution in [3.63, 3.8) is 0 Å². The second kappa shape index (κ2) is 15.7. The third-order valence-corrected chi connectivity index (χ3v) is 7.14. The third kappa shape index (κ3) is 7.93. The Morgan fingerprint density at radius 3 is 2.13 bits per heavy atom. The Morgan fingerprint density at radius 1 is 0.956 bits per heavy atom. The molecule has 2 heterocycles. The molecule has 0 aliphatic carbocycles. The molecule has 4 aromatic rings. The lowest BCUT2D eigenvalue weighted by Crippen LogP contribution is -2.55. The van der Waals surface area contributed by atoms with Crippen LogP contribution >= 0.6 is 11.6 Å². The Labute approximate surface area is 265 Å². The molecule has 0 spiro atoms. The van der Waals surface area contributed by atoms with E-state index in [4.69, 9.17) is 30.5 Å². The smallest absolute Gasteiger partial charge is 0.350 e. The molecule has 240 valence electrons. The number of hydrogen-bond acceptors (Lipinski definition) is 12. The molecule has 0 saturated heterocycles. The number of ether oxygens (including phenoxy) is 4. The Morgan fingerprint density at radius 2 is 1.56 bits per heavy atom. The number of imidazole rings is 1. The van der Waals surface area contributed by atoms with Crippen molar-refractivity contribution in [3.8, 4) is 0 Å². The predicted octanol–water partition coefficient (Wildman–Crippen LogP) is 3.08. The first kappa shape index (κ1) is 33.7. The number of aromatic nitrogens is 4. The van der Waals surface area contributed by atoms with E-state index in [1.165, 1.54) is 18.0 Å². The van der Waals surface area contributed by atoms with Gasteiger partial charge in [-0.25, -0.2) is 14.6 Å². The number of benzene rings is 2. The van der Waals surface area contributed by atoms with Crippen LogP contribution in [0, 0.1) is 0 Å². The van der Waals surface area contributed by atoms with Crippen LogP contribution in [0.3, 0.4) is 0 Å². The number of hydrogen-bond donors (Lipinski definition) is 3. The van der Waals surface area contributed by atoms with Gasteiger partial charge in [0.2, 0.25) is 5.28 Å². The minimum Gasteiger partial charge on any atom is -0.463 e. The summed E-state index contributed by atoms with van der Waals surface area (Å²) in [7, 11) is 1.29. The highest BCUT2D eigenvalue weighted by atomic mass is 35.5. The molecule has 4 rings (SSSR count). The quantitative estimate of drug-likeness (QED) is 0.0931. The summed E-state index contributed by atoms with van der Waals surface area (Å²) in [5.41, 5.74) is -0.169. The highest BCUT2D eigenvalue weighted by molar-refractivity contribution is 6.28. The number of halogens is 1. The van der Waals surface area contributed by atoms with Gasteiger partial charge in [0.05, 0.1) is 26.1 Å². The molecular weight excluding hydrogens is 606 g/mol. The van der Waals surface area contributed by atoms with Gasteiger partial charge in [0.25, 0.3) is 5.60 Å². The van der Waals surface area contributed by atoms with Gasteiger partial charge < -0.3 is 34.5 Å². The lowest BCUT2D eigenvalue weighted by atomic mass is 9.93. The minimum absolute atomic E-state index is 0.0203. The number of rotatable bonds is 16. The van der Waals surface area contributed by atoms with Crippen molar-refractivity contribution in [1.82, 2.24) is 19.5 Å². The average Bonchev–Trinajstić information content (AvgIpc) is 3.47. The van der Waals surface area contributed by atoms with E-state index < -0.39 is 42.6 Å². The summed E-state index contributed by atoms with van der Waals surface area (Å²) in [5, 5.41) is 25.6. The molecule has 0 amide bonds. The van der Waals surface area contributed by atoms with E-state index >= 15 is 0 Å². The number of esters is 2. The first-order chi connectivity index (χ1) is 21.7. The zero-order chi connectivity index (χ0) is 32.4. The number of carbonyl (C=O) groups is 2. The van der Waals surface area contributed by atoms with E-state index in [1.54, 1.807) is 44.2 Å². The van der Waals surface area contributed by atoms with E-state index in [2.05, 4.69) is 20.3 Å². The molecule has 2 aromatic carbocycles. The van der Waals surface area contributed by atoms with Gasteiger partial charge >= 0.3 is 11.9 Å². The van der Waals surface area contributed by atoms with Crippen molar-refractivity contribution in [2.24, 2.45) is 0 Å². The number of carbonyl (C=O) groups excluding carboxylic acids is 2. The topological polar surface area (TPSA) is 167 Å². The average molecular weight is 642 g/mol. The zero-order valence-electron chi connectivity index (χ0n) is 25.1. The normalized spacial score (nSPS) is 13.6. The number of aliphatic hydroxyl groups excluding tert-OH is 2. The van der Waals surface area contributed by atoms with Gasteiger partial charge in [0, 0.05) is 20.1 Å². The SMILES string of the molecule is CCOC(=O)C(Cc1ccccc1)(OC[C@@H](OC)[C@@H](O)[C@@H](O)n1cnc2c(NCc3ccccc3)nc(Cl)nc21)C(=O)OCC. The van der Waals surface area contributed by atoms with Crippen LogP contribution in [0.15, 0.2) is 67.0 Å². The van der Waals surface area contributed by atoms with Crippen molar-refractivity contribution in [2.45, 2.75) is 50.8 Å². The van der Waals surface area contributed by atoms with Gasteiger partial charge in [0.15, 0.2) is 23.2 Å². The van der Waals surface area contributed by atoms with Gasteiger partial charge in [-0.05, 0) is 36.6 Å². The number of nitrogens with one attached hydrogen (secondary N) is 1. The molecule has 14 heteroatoms. The summed E-state index contributed by atoms with van der Waals surface area (Å²) in [6.45, 7) is 3.08. The second-order valence-corrected chi connectivity index (χ2v) is 10.3. The highest BCUT2D eigenvalue weighted by Gasteiger charge is 2.51. The standard InChI is InChI=1S/C31H36ClN5O8/c1-4-43-28(40)31(29(41)44-5-2,16-20-12-8-6-9-13-20)45-18-22(42-3)24(38)27(39)37-19-34-23-25(35-30(32)36-26(23)37)33-17-21-14-10-7-11-15-21/h6-15,19,22,24,27,38-39H,4-5,16-18H2,1-3H3,(H,33,35,36)/t22-,24-,27-/m1/s1. The molecule has 0 bridgehead atoms. The maximum Gasteiger partial charge on any atom is 0.350 e. The van der Waals surface area contributed by atoms with Crippen LogP contribution in [0.1, 0.15) is 31.2 Å². The molecule has 3 atom stereocenters. The maximum absolute atomic E-state index is 13.3. The molecule has 0 radical (unpaired) electrons. The molecular formula is C31H36ClN5O8. The fourth-order valence-corrected chi connectivity index (χ4v) is 4.82. The van der Waals surface area contributed by atoms with Gasteiger partial charge in [-0.2, -0.15) is 9.97 Å². The van der Waals surface area contributed by atoms with Crippen LogP contribution in [-0.2, 0) is 41.5 Å². The lowest BCUT2D eigenvalue weighted by molar-refractivity contribution is -0.200. The van der Waals surface area contributed by atoms with E-state index in [-0.39, 0.29) is 30.6 Å². The molecule has 0 saturated carbocycles. The zero-order valence-corrected chi connectivity index (χ0v) is 25.9. The Balaban J connectivity index is 1.58. The minimum atomic E-state index is -2.21. The van der Waals surface area contributed by atoms with Crippen LogP contribution in [0.25, 0.3) is 11.2 Å². The van der Waals surface area contributed by atoms with Crippen molar-refractivity contribution >= 4 is 40.5 Å². The third-order valence-electron chi connectivity index (χ3n) is 6.97. The van der Waals surface area contributed by atoms with Crippen molar-refractivity contribution in [2.75, 3.05) is 32.2 Å². The van der Waals surface area contributed by atoms with Crippen LogP contribution in [0.5, 0.6) is 0 Å². The van der Waals surface area contributed by atoms with Gasteiger partial charge in [-0.1, -0.05) is 60.7 Å². The fourth-order valence-electron chi connectivity index (χ4n) is 4.65. The van der Waals surface area contributed by atoms with E-state index in [1.807, 2.05) is 30.3 Å². The first-order valence-electron chi connectivity index (χ1n) is 14.3. The lowest BCUT2D eigenvalue weighted by Gasteiger charge is -2.32. The maximum atomic E-state index is 13.3. The van der Waals surface area contributed by atoms with Gasteiger partial charge in [-0.3, -0.25) is 4.57 Å². The number of fused-ring (bicyclic) bond motifs is 1. The molecule has 13 nitrogen and oxygen atoms in total. The molecule has 0 fully saturated rings. The molecule has 0 aliphatic rings. The number of methoxy groups -OCH3 is 1. The molecule has 45 heavy (non-hydrogen) atoms. The Hall–Kier alpha value is -4.14. The monoisotopic (exact) mass is 641 g/mol. The van der Waals surface area contributed by atoms with Gasteiger partial charge in [0.1, 0.15) is 12.2 Å². The van der Waals surface area contributed by atoms with E-state index in [0.29, 0.717) is 23.4 Å². The summed E-state index contributed by atoms with van der Waals surface area (Å²) in [6.07, 6.45) is -3.49. The fraction of sp³-hybridized carbons (Fsp3) is 0.387. The Bertz CT molecular complexity index is 1540. The van der Waals surface area contributed by atoms with Crippen LogP contribution < -0.4 is 5.32 Å². The predicted molar refractivity (Wildman–Crippen MR) is 164 cm³/mol. The molecule has 2 aromatic heterocycles. The van der Waals surface area contributed by atoms with Gasteiger partial charge in [-0.15, -0.1) is 0 Å². The number of nitrogens with zero attached hydrogens (tertiary/aromatic N) is 4. The first-order valence-corrected chi connectivity index (χ1v) is 14.7. The largest absolute Gasteiger partial charge is 0.463 e. The van der Waals surface area contributed by atoms with Crippen LogP contribution in [-0.4, -0.2) is 86.4 Å². The Kier molecular flexibility index (Phi) is 11.8. The molecule has 3 N–H and O–H groups in total. The summed E-state index contributed by atoms with van der Waals surface area (Å²) in [4.78, 5) is 39.3. The summed E-state index contributed by atoms with van der Waals surface area (Å²) < 4.78 is 23.1. The van der Waals surface area contributed by atoms with E-state index in [9.17, 15) is 19.8 Å². The summed E-state index contributed by atoms with van der Waals surface area (Å²) in [5.74, 6) is -1.59. The van der Waals surface area contributed by atoms with E-state index in [0.717, 1.165) is 5.56 Å². The highest BCUT2D eigenvalue weighted by Crippen LogP contribution is 2.28. The van der Waals surface area contributed by atoms with Crippen molar-refractivity contribution in [1.29, 1.82) is 0 Å². The van der Waals surface area contributed by atoms with Crippen molar-refractivity contribution in [3.05, 3.63) is 83.4 Å².